The first-order chi connectivity index (χ1) is 8.19. The van der Waals surface area contributed by atoms with Gasteiger partial charge in [0.25, 0.3) is 0 Å². The van der Waals surface area contributed by atoms with Crippen LogP contribution >= 0.6 is 0 Å². The van der Waals surface area contributed by atoms with E-state index >= 15 is 0 Å². The van der Waals surface area contributed by atoms with Crippen molar-refractivity contribution in [1.82, 2.24) is 20.1 Å². The van der Waals surface area contributed by atoms with Gasteiger partial charge in [0.05, 0.1) is 7.11 Å². The molecule has 0 aliphatic heterocycles. The third-order valence-electron chi connectivity index (χ3n) is 2.10. The number of aromatic nitrogens is 4. The van der Waals surface area contributed by atoms with Gasteiger partial charge in [-0.3, -0.25) is 0 Å². The number of hydrogen-bond acceptors (Lipinski definition) is 7. The summed E-state index contributed by atoms with van der Waals surface area (Å²) < 4.78 is 10.0. The molecule has 1 atom stereocenters. The average molecular weight is 235 g/mol. The van der Waals surface area contributed by atoms with Gasteiger partial charge in [-0.15, -0.1) is 0 Å². The Balaban J connectivity index is 2.09. The number of hydrogen-bond donors (Lipinski definition) is 1. The lowest BCUT2D eigenvalue weighted by atomic mass is 10.3. The number of aryl methyl sites for hydroxylation is 1. The summed E-state index contributed by atoms with van der Waals surface area (Å²) >= 11 is 0. The van der Waals surface area contributed by atoms with Crippen molar-refractivity contribution in [3.63, 3.8) is 0 Å². The molecule has 2 aromatic heterocycles. The third kappa shape index (κ3) is 2.68. The zero-order valence-electron chi connectivity index (χ0n) is 9.84. The van der Waals surface area contributed by atoms with E-state index in [9.17, 15) is 0 Å². The first-order valence-electron chi connectivity index (χ1n) is 5.13. The highest BCUT2D eigenvalue weighted by atomic mass is 16.5. The Labute approximate surface area is 98.2 Å². The molecule has 1 unspecified atom stereocenters. The number of nitrogens with one attached hydrogen (secondary N) is 1. The standard InChI is InChI=1S/C10H13N5O2/c1-6(9-13-7(2)15-17-9)12-10-11-5-4-8(14-10)16-3/h4-6H,1-3H3,(H,11,12,14). The van der Waals surface area contributed by atoms with E-state index in [1.54, 1.807) is 26.3 Å². The molecule has 0 aliphatic rings. The summed E-state index contributed by atoms with van der Waals surface area (Å²) in [6.45, 7) is 3.65. The molecule has 7 nitrogen and oxygen atoms in total. The molecule has 0 radical (unpaired) electrons. The molecule has 1 N–H and O–H groups in total. The van der Waals surface area contributed by atoms with Gasteiger partial charge in [0.1, 0.15) is 6.04 Å². The summed E-state index contributed by atoms with van der Waals surface area (Å²) in [4.78, 5) is 12.3. The van der Waals surface area contributed by atoms with Crippen LogP contribution in [0.5, 0.6) is 5.88 Å². The number of nitrogens with zero attached hydrogens (tertiary/aromatic N) is 4. The fourth-order valence-corrected chi connectivity index (χ4v) is 1.27. The molecule has 17 heavy (non-hydrogen) atoms. The molecule has 0 saturated heterocycles. The molecule has 0 spiro atoms. The minimum Gasteiger partial charge on any atom is -0.481 e. The Kier molecular flexibility index (Phi) is 3.17. The van der Waals surface area contributed by atoms with Crippen LogP contribution in [0, 0.1) is 6.92 Å². The molecule has 0 aliphatic carbocycles. The fraction of sp³-hybridized carbons (Fsp3) is 0.400. The molecule has 0 aromatic carbocycles. The highest BCUT2D eigenvalue weighted by molar-refractivity contribution is 5.29. The SMILES string of the molecule is COc1ccnc(NC(C)c2nc(C)no2)n1. The van der Waals surface area contributed by atoms with Crippen LogP contribution in [0.15, 0.2) is 16.8 Å². The van der Waals surface area contributed by atoms with Gasteiger partial charge < -0.3 is 14.6 Å². The maximum atomic E-state index is 5.04. The van der Waals surface area contributed by atoms with E-state index in [4.69, 9.17) is 9.26 Å². The van der Waals surface area contributed by atoms with Crippen LogP contribution in [0.3, 0.4) is 0 Å². The average Bonchev–Trinajstić information content (AvgIpc) is 2.76. The van der Waals surface area contributed by atoms with Crippen molar-refractivity contribution in [1.29, 1.82) is 0 Å². The van der Waals surface area contributed by atoms with E-state index in [1.165, 1.54) is 0 Å². The van der Waals surface area contributed by atoms with E-state index in [0.717, 1.165) is 0 Å². The summed E-state index contributed by atoms with van der Waals surface area (Å²) in [6, 6.07) is 1.51. The van der Waals surface area contributed by atoms with Gasteiger partial charge in [-0.1, -0.05) is 5.16 Å². The largest absolute Gasteiger partial charge is 0.481 e. The number of rotatable bonds is 4. The van der Waals surface area contributed by atoms with Crippen LogP contribution < -0.4 is 10.1 Å². The Morgan fingerprint density at radius 1 is 1.41 bits per heavy atom. The van der Waals surface area contributed by atoms with E-state index < -0.39 is 0 Å². The summed E-state index contributed by atoms with van der Waals surface area (Å²) in [5.41, 5.74) is 0. The van der Waals surface area contributed by atoms with Crippen molar-refractivity contribution >= 4 is 5.95 Å². The van der Waals surface area contributed by atoms with Crippen LogP contribution in [-0.4, -0.2) is 27.2 Å². The van der Waals surface area contributed by atoms with Gasteiger partial charge >= 0.3 is 0 Å². The first kappa shape index (κ1) is 11.3. The molecule has 2 heterocycles. The van der Waals surface area contributed by atoms with Crippen molar-refractivity contribution in [3.8, 4) is 5.88 Å². The number of anilines is 1. The monoisotopic (exact) mass is 235 g/mol. The lowest BCUT2D eigenvalue weighted by Gasteiger charge is -2.09. The summed E-state index contributed by atoms with van der Waals surface area (Å²) in [6.07, 6.45) is 1.61. The first-order valence-corrected chi connectivity index (χ1v) is 5.13. The van der Waals surface area contributed by atoms with E-state index in [-0.39, 0.29) is 6.04 Å². The molecule has 0 fully saturated rings. The van der Waals surface area contributed by atoms with Gasteiger partial charge in [-0.2, -0.15) is 9.97 Å². The van der Waals surface area contributed by atoms with Crippen molar-refractivity contribution in [3.05, 3.63) is 24.0 Å². The minimum atomic E-state index is -0.164. The maximum absolute atomic E-state index is 5.04. The summed E-state index contributed by atoms with van der Waals surface area (Å²) in [5.74, 6) is 2.04. The lowest BCUT2D eigenvalue weighted by molar-refractivity contribution is 0.363. The zero-order chi connectivity index (χ0) is 12.3. The smallest absolute Gasteiger partial charge is 0.248 e. The third-order valence-corrected chi connectivity index (χ3v) is 2.10. The molecular formula is C10H13N5O2. The molecule has 2 aromatic rings. The second-order valence-corrected chi connectivity index (χ2v) is 3.47. The quantitative estimate of drug-likeness (QED) is 0.855. The summed E-state index contributed by atoms with van der Waals surface area (Å²) in [7, 11) is 1.55. The zero-order valence-corrected chi connectivity index (χ0v) is 9.84. The van der Waals surface area contributed by atoms with Crippen molar-refractivity contribution in [2.24, 2.45) is 0 Å². The van der Waals surface area contributed by atoms with Crippen LogP contribution in [-0.2, 0) is 0 Å². The molecule has 0 amide bonds. The fourth-order valence-electron chi connectivity index (χ4n) is 1.27. The van der Waals surface area contributed by atoms with Crippen molar-refractivity contribution in [2.45, 2.75) is 19.9 Å². The van der Waals surface area contributed by atoms with Gasteiger partial charge in [-0.25, -0.2) is 4.98 Å². The number of methoxy groups -OCH3 is 1. The Morgan fingerprint density at radius 2 is 2.24 bits per heavy atom. The van der Waals surface area contributed by atoms with Crippen molar-refractivity contribution in [2.75, 3.05) is 12.4 Å². The van der Waals surface area contributed by atoms with Crippen LogP contribution in [0.4, 0.5) is 5.95 Å². The second-order valence-electron chi connectivity index (χ2n) is 3.47. The summed E-state index contributed by atoms with van der Waals surface area (Å²) in [5, 5.41) is 6.77. The molecule has 2 rings (SSSR count). The van der Waals surface area contributed by atoms with Gasteiger partial charge in [0.15, 0.2) is 5.82 Å². The van der Waals surface area contributed by atoms with Gasteiger partial charge in [0.2, 0.25) is 17.7 Å². The van der Waals surface area contributed by atoms with Gasteiger partial charge in [-0.05, 0) is 13.8 Å². The van der Waals surface area contributed by atoms with E-state index in [2.05, 4.69) is 25.4 Å². The number of ether oxygens (including phenoxy) is 1. The highest BCUT2D eigenvalue weighted by Crippen LogP contribution is 2.16. The van der Waals surface area contributed by atoms with Crippen molar-refractivity contribution < 1.29 is 9.26 Å². The molecule has 0 bridgehead atoms. The highest BCUT2D eigenvalue weighted by Gasteiger charge is 2.13. The minimum absolute atomic E-state index is 0.164. The Bertz CT molecular complexity index is 499. The van der Waals surface area contributed by atoms with E-state index in [0.29, 0.717) is 23.5 Å². The topological polar surface area (TPSA) is 86.0 Å². The second kappa shape index (κ2) is 4.77. The molecule has 7 heteroatoms. The normalized spacial score (nSPS) is 12.2. The lowest BCUT2D eigenvalue weighted by Crippen LogP contribution is -2.10. The molecular weight excluding hydrogens is 222 g/mol. The predicted octanol–water partition coefficient (Wildman–Crippen LogP) is 1.35. The van der Waals surface area contributed by atoms with Crippen LogP contribution in [0.1, 0.15) is 24.7 Å². The Hall–Kier alpha value is -2.18. The van der Waals surface area contributed by atoms with Gasteiger partial charge in [0, 0.05) is 12.3 Å². The van der Waals surface area contributed by atoms with Crippen LogP contribution in [0.25, 0.3) is 0 Å². The molecule has 90 valence electrons. The Morgan fingerprint density at radius 3 is 2.88 bits per heavy atom. The predicted molar refractivity (Wildman–Crippen MR) is 59.7 cm³/mol. The van der Waals surface area contributed by atoms with Crippen LogP contribution in [0.2, 0.25) is 0 Å². The molecule has 0 saturated carbocycles. The van der Waals surface area contributed by atoms with E-state index in [1.807, 2.05) is 6.92 Å². The maximum Gasteiger partial charge on any atom is 0.248 e.